The van der Waals surface area contributed by atoms with Crippen LogP contribution in [0.15, 0.2) is 17.1 Å². The van der Waals surface area contributed by atoms with E-state index in [1.165, 1.54) is 12.3 Å². The highest BCUT2D eigenvalue weighted by Crippen LogP contribution is 2.08. The minimum absolute atomic E-state index is 0.111. The highest BCUT2D eigenvalue weighted by molar-refractivity contribution is 5.14. The molecule has 1 heterocycles. The maximum absolute atomic E-state index is 11.7. The first-order valence-corrected chi connectivity index (χ1v) is 5.45. The van der Waals surface area contributed by atoms with E-state index < -0.39 is 6.04 Å². The summed E-state index contributed by atoms with van der Waals surface area (Å²) in [6, 6.07) is 2.68. The van der Waals surface area contributed by atoms with Crippen LogP contribution in [0.4, 0.5) is 0 Å². The molecule has 0 bridgehead atoms. The molecule has 0 saturated carbocycles. The minimum atomic E-state index is -0.537. The van der Waals surface area contributed by atoms with Crippen LogP contribution in [0.2, 0.25) is 0 Å². The summed E-state index contributed by atoms with van der Waals surface area (Å²) < 4.78 is 6.42. The molecular formula is C11H16N4O2. The second-order valence-electron chi connectivity index (χ2n) is 3.82. The van der Waals surface area contributed by atoms with Gasteiger partial charge in [0.2, 0.25) is 0 Å². The molecule has 2 unspecified atom stereocenters. The van der Waals surface area contributed by atoms with Gasteiger partial charge in [0.25, 0.3) is 5.56 Å². The van der Waals surface area contributed by atoms with Gasteiger partial charge in [-0.3, -0.25) is 4.79 Å². The molecule has 92 valence electrons. The van der Waals surface area contributed by atoms with Crippen LogP contribution in [0.25, 0.3) is 0 Å². The Morgan fingerprint density at radius 3 is 2.88 bits per heavy atom. The second-order valence-corrected chi connectivity index (χ2v) is 3.82. The van der Waals surface area contributed by atoms with Gasteiger partial charge in [0.05, 0.1) is 12.3 Å². The average molecular weight is 236 g/mol. The van der Waals surface area contributed by atoms with Crippen molar-refractivity contribution in [3.8, 4) is 11.8 Å². The second kappa shape index (κ2) is 6.01. The predicted molar refractivity (Wildman–Crippen MR) is 62.6 cm³/mol. The van der Waals surface area contributed by atoms with Crippen molar-refractivity contribution in [2.24, 2.45) is 5.73 Å². The Morgan fingerprint density at radius 1 is 1.71 bits per heavy atom. The van der Waals surface area contributed by atoms with Gasteiger partial charge in [-0.15, -0.1) is 0 Å². The van der Waals surface area contributed by atoms with Crippen LogP contribution in [-0.2, 0) is 0 Å². The van der Waals surface area contributed by atoms with Crippen molar-refractivity contribution in [2.45, 2.75) is 32.4 Å². The van der Waals surface area contributed by atoms with Crippen LogP contribution in [0.3, 0.4) is 0 Å². The fraction of sp³-hybridized carbons (Fsp3) is 0.545. The number of aromatic nitrogens is 2. The lowest BCUT2D eigenvalue weighted by Gasteiger charge is -2.11. The van der Waals surface area contributed by atoms with Crippen LogP contribution in [0, 0.1) is 11.3 Å². The van der Waals surface area contributed by atoms with Gasteiger partial charge in [0.1, 0.15) is 18.4 Å². The zero-order chi connectivity index (χ0) is 12.8. The molecule has 1 aromatic rings. The Bertz CT molecular complexity index is 461. The molecule has 6 nitrogen and oxygen atoms in total. The summed E-state index contributed by atoms with van der Waals surface area (Å²) in [6.07, 6.45) is 1.95. The number of ether oxygens (including phenoxy) is 1. The highest BCUT2D eigenvalue weighted by atomic mass is 16.5. The van der Waals surface area contributed by atoms with Crippen LogP contribution < -0.4 is 16.0 Å². The summed E-state index contributed by atoms with van der Waals surface area (Å²) >= 11 is 0. The third-order valence-electron chi connectivity index (χ3n) is 2.14. The first-order chi connectivity index (χ1) is 8.08. The van der Waals surface area contributed by atoms with Crippen molar-refractivity contribution in [2.75, 3.05) is 6.61 Å². The van der Waals surface area contributed by atoms with Crippen LogP contribution in [-0.4, -0.2) is 22.4 Å². The smallest absolute Gasteiger partial charge is 0.271 e. The van der Waals surface area contributed by atoms with E-state index in [1.54, 1.807) is 6.92 Å². The summed E-state index contributed by atoms with van der Waals surface area (Å²) in [6.45, 7) is 3.94. The van der Waals surface area contributed by atoms with Gasteiger partial charge < -0.3 is 10.5 Å². The number of nitriles is 1. The quantitative estimate of drug-likeness (QED) is 0.800. The van der Waals surface area contributed by atoms with Gasteiger partial charge in [-0.2, -0.15) is 10.4 Å². The molecule has 0 spiro atoms. The molecule has 0 fully saturated rings. The van der Waals surface area contributed by atoms with Crippen molar-refractivity contribution in [1.29, 1.82) is 5.26 Å². The van der Waals surface area contributed by atoms with Crippen molar-refractivity contribution in [3.05, 3.63) is 22.6 Å². The van der Waals surface area contributed by atoms with Crippen molar-refractivity contribution < 1.29 is 4.74 Å². The van der Waals surface area contributed by atoms with Crippen molar-refractivity contribution in [1.82, 2.24) is 9.78 Å². The molecule has 0 saturated heterocycles. The van der Waals surface area contributed by atoms with Crippen LogP contribution in [0.5, 0.6) is 5.75 Å². The molecule has 0 radical (unpaired) electrons. The molecule has 1 rings (SSSR count). The van der Waals surface area contributed by atoms with Gasteiger partial charge in [0.15, 0.2) is 0 Å². The van der Waals surface area contributed by atoms with Crippen molar-refractivity contribution in [3.63, 3.8) is 0 Å². The third-order valence-corrected chi connectivity index (χ3v) is 2.14. The van der Waals surface area contributed by atoms with Crippen LogP contribution in [0.1, 0.15) is 26.3 Å². The molecule has 2 N–H and O–H groups in total. The van der Waals surface area contributed by atoms with E-state index in [2.05, 4.69) is 5.10 Å². The highest BCUT2D eigenvalue weighted by Gasteiger charge is 2.10. The molecule has 17 heavy (non-hydrogen) atoms. The Balaban J connectivity index is 2.87. The molecule has 6 heteroatoms. The fourth-order valence-corrected chi connectivity index (χ4v) is 1.26. The largest absolute Gasteiger partial charge is 0.490 e. The molecule has 0 amide bonds. The van der Waals surface area contributed by atoms with E-state index in [9.17, 15) is 4.79 Å². The Hall–Kier alpha value is -1.87. The van der Waals surface area contributed by atoms with Gasteiger partial charge in [0, 0.05) is 12.1 Å². The lowest BCUT2D eigenvalue weighted by molar-refractivity contribution is 0.292. The van der Waals surface area contributed by atoms with Gasteiger partial charge >= 0.3 is 0 Å². The Labute approximate surface area is 99.6 Å². The number of nitrogens with two attached hydrogens (primary N) is 1. The zero-order valence-corrected chi connectivity index (χ0v) is 9.96. The lowest BCUT2D eigenvalue weighted by Crippen LogP contribution is -2.27. The SMILES string of the molecule is CCC(C#N)n1ncc(OCC(C)N)cc1=O. The molecule has 0 aliphatic rings. The first kappa shape index (κ1) is 13.2. The maximum Gasteiger partial charge on any atom is 0.271 e. The molecule has 2 atom stereocenters. The van der Waals surface area contributed by atoms with E-state index in [1.807, 2.05) is 13.0 Å². The summed E-state index contributed by atoms with van der Waals surface area (Å²) in [5, 5.41) is 12.8. The minimum Gasteiger partial charge on any atom is -0.490 e. The van der Waals surface area contributed by atoms with E-state index in [0.717, 1.165) is 4.68 Å². The predicted octanol–water partition coefficient (Wildman–Crippen LogP) is 0.444. The molecular weight excluding hydrogens is 220 g/mol. The van der Waals surface area contributed by atoms with Gasteiger partial charge in [-0.05, 0) is 13.3 Å². The summed E-state index contributed by atoms with van der Waals surface area (Å²) in [4.78, 5) is 11.7. The normalized spacial score (nSPS) is 13.8. The summed E-state index contributed by atoms with van der Waals surface area (Å²) in [7, 11) is 0. The lowest BCUT2D eigenvalue weighted by atomic mass is 10.2. The maximum atomic E-state index is 11.7. The number of rotatable bonds is 5. The van der Waals surface area contributed by atoms with Gasteiger partial charge in [-0.1, -0.05) is 6.92 Å². The Morgan fingerprint density at radius 2 is 2.41 bits per heavy atom. The van der Waals surface area contributed by atoms with Gasteiger partial charge in [-0.25, -0.2) is 4.68 Å². The third kappa shape index (κ3) is 3.57. The van der Waals surface area contributed by atoms with E-state index in [-0.39, 0.29) is 11.6 Å². The van der Waals surface area contributed by atoms with Crippen molar-refractivity contribution >= 4 is 0 Å². The van der Waals surface area contributed by atoms with E-state index in [4.69, 9.17) is 15.7 Å². The van der Waals surface area contributed by atoms with E-state index in [0.29, 0.717) is 18.8 Å². The topological polar surface area (TPSA) is 93.9 Å². The monoisotopic (exact) mass is 236 g/mol. The number of hydrogen-bond donors (Lipinski definition) is 1. The van der Waals surface area contributed by atoms with E-state index >= 15 is 0 Å². The fourth-order valence-electron chi connectivity index (χ4n) is 1.26. The first-order valence-electron chi connectivity index (χ1n) is 5.45. The van der Waals surface area contributed by atoms with Crippen LogP contribution >= 0.6 is 0 Å². The molecule has 0 aromatic carbocycles. The zero-order valence-electron chi connectivity index (χ0n) is 9.96. The number of hydrogen-bond acceptors (Lipinski definition) is 5. The molecule has 0 aliphatic heterocycles. The standard InChI is InChI=1S/C11H16N4O2/c1-3-9(5-12)15-11(16)4-10(6-14-15)17-7-8(2)13/h4,6,8-9H,3,7,13H2,1-2H3. The average Bonchev–Trinajstić information content (AvgIpc) is 2.30. The Kier molecular flexibility index (Phi) is 4.67. The molecule has 1 aromatic heterocycles. The molecule has 0 aliphatic carbocycles. The summed E-state index contributed by atoms with van der Waals surface area (Å²) in [5.41, 5.74) is 5.18. The summed E-state index contributed by atoms with van der Waals surface area (Å²) in [5.74, 6) is 0.372. The number of nitrogens with zero attached hydrogens (tertiary/aromatic N) is 3.